The number of benzene rings is 3. The molecule has 3 rings (SSSR count). The number of hydrogen-bond donors (Lipinski definition) is 2. The van der Waals surface area contributed by atoms with Gasteiger partial charge in [0.15, 0.2) is 6.10 Å². The molecule has 0 radical (unpaired) electrons. The number of aryl methyl sites for hydroxylation is 1. The number of sulfonamides is 1. The van der Waals surface area contributed by atoms with Gasteiger partial charge in [-0.2, -0.15) is 0 Å². The minimum atomic E-state index is -3.88. The van der Waals surface area contributed by atoms with Crippen molar-refractivity contribution in [2.24, 2.45) is 0 Å². The maximum Gasteiger partial charge on any atom is 0.265 e. The van der Waals surface area contributed by atoms with Gasteiger partial charge >= 0.3 is 0 Å². The average molecular weight is 485 g/mol. The fourth-order valence-electron chi connectivity index (χ4n) is 3.20. The van der Waals surface area contributed by atoms with Crippen molar-refractivity contribution < 1.29 is 27.4 Å². The van der Waals surface area contributed by atoms with Crippen LogP contribution in [-0.4, -0.2) is 34.6 Å². The predicted molar refractivity (Wildman–Crippen MR) is 131 cm³/mol. The van der Waals surface area contributed by atoms with Gasteiger partial charge in [0.2, 0.25) is 0 Å². The number of rotatable bonds is 10. The third-order valence-electron chi connectivity index (χ3n) is 5.02. The monoisotopic (exact) mass is 484 g/mol. The number of ether oxygens (including phenoxy) is 3. The van der Waals surface area contributed by atoms with Crippen LogP contribution in [0.5, 0.6) is 17.2 Å². The summed E-state index contributed by atoms with van der Waals surface area (Å²) in [6, 6.07) is 18.1. The van der Waals surface area contributed by atoms with Crippen LogP contribution < -0.4 is 24.2 Å². The number of carbonyl (C=O) groups excluding carboxylic acids is 1. The Morgan fingerprint density at radius 2 is 1.68 bits per heavy atom. The molecule has 0 aliphatic carbocycles. The Morgan fingerprint density at radius 3 is 2.29 bits per heavy atom. The molecule has 9 heteroatoms. The normalized spacial score (nSPS) is 11.9. The van der Waals surface area contributed by atoms with Crippen LogP contribution in [0, 0.1) is 6.92 Å². The van der Waals surface area contributed by atoms with Crippen LogP contribution in [0.1, 0.15) is 18.9 Å². The Morgan fingerprint density at radius 1 is 0.941 bits per heavy atom. The van der Waals surface area contributed by atoms with E-state index in [9.17, 15) is 13.2 Å². The van der Waals surface area contributed by atoms with E-state index in [1.807, 2.05) is 32.0 Å². The minimum absolute atomic E-state index is 0.0337. The summed E-state index contributed by atoms with van der Waals surface area (Å²) in [5, 5.41) is 2.77. The summed E-state index contributed by atoms with van der Waals surface area (Å²) in [7, 11) is -0.934. The molecular formula is C25H28N2O6S. The number of amides is 1. The fraction of sp³-hybridized carbons (Fsp3) is 0.240. The summed E-state index contributed by atoms with van der Waals surface area (Å²) in [6.07, 6.45) is -0.214. The molecule has 0 saturated carbocycles. The molecular weight excluding hydrogens is 456 g/mol. The lowest BCUT2D eigenvalue weighted by Gasteiger charge is -2.18. The van der Waals surface area contributed by atoms with Crippen LogP contribution >= 0.6 is 0 Å². The van der Waals surface area contributed by atoms with E-state index in [1.165, 1.54) is 38.5 Å². The summed E-state index contributed by atoms with van der Waals surface area (Å²) in [6.45, 7) is 3.80. The quantitative estimate of drug-likeness (QED) is 0.436. The van der Waals surface area contributed by atoms with Gasteiger partial charge in [0.1, 0.15) is 17.2 Å². The maximum atomic E-state index is 12.8. The van der Waals surface area contributed by atoms with Crippen LogP contribution in [0.4, 0.5) is 11.4 Å². The first-order valence-corrected chi connectivity index (χ1v) is 12.1. The van der Waals surface area contributed by atoms with Crippen LogP contribution in [0.3, 0.4) is 0 Å². The van der Waals surface area contributed by atoms with E-state index in [-0.39, 0.29) is 16.5 Å². The van der Waals surface area contributed by atoms with Gasteiger partial charge in [-0.25, -0.2) is 8.42 Å². The minimum Gasteiger partial charge on any atom is -0.497 e. The zero-order chi connectivity index (χ0) is 24.7. The molecule has 1 atom stereocenters. The van der Waals surface area contributed by atoms with Gasteiger partial charge in [0.25, 0.3) is 15.9 Å². The van der Waals surface area contributed by atoms with E-state index in [2.05, 4.69) is 10.0 Å². The molecule has 0 bridgehead atoms. The first-order valence-electron chi connectivity index (χ1n) is 10.6. The number of hydrogen-bond acceptors (Lipinski definition) is 6. The second-order valence-corrected chi connectivity index (χ2v) is 9.20. The van der Waals surface area contributed by atoms with E-state index in [0.717, 1.165) is 5.56 Å². The summed E-state index contributed by atoms with van der Waals surface area (Å²) in [5.41, 5.74) is 1.77. The maximum absolute atomic E-state index is 12.8. The van der Waals surface area contributed by atoms with Crippen molar-refractivity contribution in [3.63, 3.8) is 0 Å². The molecule has 34 heavy (non-hydrogen) atoms. The topological polar surface area (TPSA) is 103 Å². The first-order chi connectivity index (χ1) is 16.2. The second-order valence-electron chi connectivity index (χ2n) is 7.52. The van der Waals surface area contributed by atoms with Crippen molar-refractivity contribution in [1.82, 2.24) is 0 Å². The Hall–Kier alpha value is -3.72. The van der Waals surface area contributed by atoms with E-state index < -0.39 is 16.1 Å². The van der Waals surface area contributed by atoms with E-state index in [1.54, 1.807) is 24.3 Å². The largest absolute Gasteiger partial charge is 0.497 e. The molecule has 8 nitrogen and oxygen atoms in total. The molecule has 0 saturated heterocycles. The SMILES string of the molecule is CC[C@H](Oc1cccc(C)c1)C(=O)Nc1ccc(S(=O)(=O)Nc2ccc(OC)cc2OC)cc1. The number of anilines is 2. The van der Waals surface area contributed by atoms with Gasteiger partial charge in [-0.15, -0.1) is 0 Å². The molecule has 0 aliphatic heterocycles. The number of carbonyl (C=O) groups is 1. The Kier molecular flexibility index (Phi) is 8.01. The highest BCUT2D eigenvalue weighted by Crippen LogP contribution is 2.31. The molecule has 0 aromatic heterocycles. The molecule has 180 valence electrons. The highest BCUT2D eigenvalue weighted by molar-refractivity contribution is 7.92. The van der Waals surface area contributed by atoms with Crippen LogP contribution in [-0.2, 0) is 14.8 Å². The van der Waals surface area contributed by atoms with Crippen molar-refractivity contribution in [1.29, 1.82) is 0 Å². The second kappa shape index (κ2) is 10.9. The van der Waals surface area contributed by atoms with E-state index in [4.69, 9.17) is 14.2 Å². The summed E-state index contributed by atoms with van der Waals surface area (Å²) >= 11 is 0. The van der Waals surface area contributed by atoms with E-state index >= 15 is 0 Å². The molecule has 0 spiro atoms. The molecule has 2 N–H and O–H groups in total. The molecule has 0 unspecified atom stereocenters. The fourth-order valence-corrected chi connectivity index (χ4v) is 4.27. The molecule has 3 aromatic carbocycles. The standard InChI is InChI=1S/C25H28N2O6S/c1-5-23(33-20-8-6-7-17(2)15-20)25(28)26-18-9-12-21(13-10-18)34(29,30)27-22-14-11-19(31-3)16-24(22)32-4/h6-16,23,27H,5H2,1-4H3,(H,26,28)/t23-/m0/s1. The third-order valence-corrected chi connectivity index (χ3v) is 6.40. The molecule has 0 heterocycles. The van der Waals surface area contributed by atoms with Gasteiger partial charge in [-0.05, 0) is 67.4 Å². The van der Waals surface area contributed by atoms with E-state index in [0.29, 0.717) is 29.4 Å². The lowest BCUT2D eigenvalue weighted by atomic mass is 10.2. The highest BCUT2D eigenvalue weighted by Gasteiger charge is 2.20. The van der Waals surface area contributed by atoms with Crippen molar-refractivity contribution in [2.45, 2.75) is 31.3 Å². The lowest BCUT2D eigenvalue weighted by molar-refractivity contribution is -0.122. The number of methoxy groups -OCH3 is 2. The summed E-state index contributed by atoms with van der Waals surface area (Å²) in [5.74, 6) is 1.16. The summed E-state index contributed by atoms with van der Waals surface area (Å²) in [4.78, 5) is 12.7. The molecule has 1 amide bonds. The Labute approximate surface area is 199 Å². The van der Waals surface area contributed by atoms with Gasteiger partial charge < -0.3 is 19.5 Å². The van der Waals surface area contributed by atoms with Gasteiger partial charge in [-0.3, -0.25) is 9.52 Å². The van der Waals surface area contributed by atoms with Crippen molar-refractivity contribution in [3.8, 4) is 17.2 Å². The smallest absolute Gasteiger partial charge is 0.265 e. The summed E-state index contributed by atoms with van der Waals surface area (Å²) < 4.78 is 44.4. The van der Waals surface area contributed by atoms with Gasteiger partial charge in [0.05, 0.1) is 24.8 Å². The number of nitrogens with one attached hydrogen (secondary N) is 2. The van der Waals surface area contributed by atoms with Crippen LogP contribution in [0.25, 0.3) is 0 Å². The van der Waals surface area contributed by atoms with Crippen molar-refractivity contribution >= 4 is 27.3 Å². The third kappa shape index (κ3) is 6.20. The zero-order valence-electron chi connectivity index (χ0n) is 19.5. The zero-order valence-corrected chi connectivity index (χ0v) is 20.3. The molecule has 0 aliphatic rings. The lowest BCUT2D eigenvalue weighted by Crippen LogP contribution is -2.32. The Balaban J connectivity index is 1.69. The van der Waals surface area contributed by atoms with Crippen LogP contribution in [0.15, 0.2) is 71.6 Å². The Bertz CT molecular complexity index is 1240. The van der Waals surface area contributed by atoms with Crippen LogP contribution in [0.2, 0.25) is 0 Å². The van der Waals surface area contributed by atoms with Gasteiger partial charge in [-0.1, -0.05) is 19.1 Å². The highest BCUT2D eigenvalue weighted by atomic mass is 32.2. The van der Waals surface area contributed by atoms with Crippen molar-refractivity contribution in [2.75, 3.05) is 24.3 Å². The molecule has 0 fully saturated rings. The first kappa shape index (κ1) is 24.9. The van der Waals surface area contributed by atoms with Gasteiger partial charge in [0, 0.05) is 11.8 Å². The van der Waals surface area contributed by atoms with Crippen molar-refractivity contribution in [3.05, 3.63) is 72.3 Å². The molecule has 3 aromatic rings. The predicted octanol–water partition coefficient (Wildman–Crippen LogP) is 4.61. The average Bonchev–Trinajstić information content (AvgIpc) is 2.83.